The minimum Gasteiger partial charge on any atom is -0.770 e. The predicted molar refractivity (Wildman–Crippen MR) is 146 cm³/mol. The number of allylic oxidation sites excluding steroid dienone is 4. The average Bonchev–Trinajstić information content (AvgIpc) is 3.58. The molecule has 0 aromatic rings. The van der Waals surface area contributed by atoms with Crippen molar-refractivity contribution in [3.63, 3.8) is 0 Å². The summed E-state index contributed by atoms with van der Waals surface area (Å²) in [5, 5.41) is 9.46. The zero-order valence-corrected chi connectivity index (χ0v) is 24.2. The van der Waals surface area contributed by atoms with Crippen molar-refractivity contribution in [2.75, 3.05) is 18.8 Å². The second-order valence-corrected chi connectivity index (χ2v) is 11.8. The topological polar surface area (TPSA) is 49.8 Å². The molecule has 2 fully saturated rings. The third-order valence-electron chi connectivity index (χ3n) is 8.43. The van der Waals surface area contributed by atoms with Gasteiger partial charge in [0, 0.05) is 35.8 Å². The first-order chi connectivity index (χ1) is 18.5. The van der Waals surface area contributed by atoms with Crippen LogP contribution in [0.2, 0.25) is 0 Å². The molecule has 4 nitrogen and oxygen atoms in total. The second kappa shape index (κ2) is 12.3. The summed E-state index contributed by atoms with van der Waals surface area (Å²) in [4.78, 5) is 6.03. The molecule has 1 radical (unpaired) electrons. The Balaban J connectivity index is 0.000000200. The molecule has 0 amide bonds. The van der Waals surface area contributed by atoms with E-state index in [0.717, 1.165) is 44.5 Å². The van der Waals surface area contributed by atoms with Gasteiger partial charge in [-0.05, 0) is 54.4 Å². The van der Waals surface area contributed by atoms with Crippen molar-refractivity contribution < 1.29 is 29.0 Å². The first kappa shape index (κ1) is 23.0. The molecule has 0 N–H and O–H groups in total. The minimum absolute atomic E-state index is 0. The van der Waals surface area contributed by atoms with Crippen molar-refractivity contribution in [3.05, 3.63) is 62.8 Å². The van der Waals surface area contributed by atoms with Crippen LogP contribution >= 0.6 is 11.8 Å². The van der Waals surface area contributed by atoms with Crippen LogP contribution in [0.4, 0.5) is 0 Å². The van der Waals surface area contributed by atoms with Gasteiger partial charge in [-0.25, -0.2) is 12.0 Å². The van der Waals surface area contributed by atoms with Crippen molar-refractivity contribution in [2.45, 2.75) is 89.8 Å². The summed E-state index contributed by atoms with van der Waals surface area (Å²) in [5.41, 5.74) is 4.25. The maximum atomic E-state index is 7.67. The summed E-state index contributed by atoms with van der Waals surface area (Å²) in [5.74, 6) is 3.50. The van der Waals surface area contributed by atoms with Crippen LogP contribution < -0.4 is 0 Å². The molecule has 0 spiro atoms. The van der Waals surface area contributed by atoms with Crippen molar-refractivity contribution in [2.24, 2.45) is 22.7 Å². The van der Waals surface area contributed by atoms with E-state index >= 15 is 0 Å². The second-order valence-electron chi connectivity index (χ2n) is 10.6. The van der Waals surface area contributed by atoms with Crippen LogP contribution in [0.1, 0.15) is 81.6 Å². The quantitative estimate of drug-likeness (QED) is 0.279. The summed E-state index contributed by atoms with van der Waals surface area (Å²) in [6.07, 6.45) is 22.2. The summed E-state index contributed by atoms with van der Waals surface area (Å²) in [6.45, 7) is -0.269. The first-order valence-corrected chi connectivity index (χ1v) is 14.8. The van der Waals surface area contributed by atoms with E-state index in [2.05, 4.69) is 35.0 Å². The number of ether oxygens (including phenoxy) is 1. The number of aliphatic imine (C=N–C) groups is 1. The molecule has 2 aliphatic carbocycles. The van der Waals surface area contributed by atoms with Crippen LogP contribution in [0.5, 0.6) is 0 Å². The number of hydrogen-bond acceptors (Lipinski definition) is 3. The van der Waals surface area contributed by atoms with Crippen molar-refractivity contribution in [1.29, 1.82) is 0 Å². The fourth-order valence-corrected chi connectivity index (χ4v) is 7.92. The summed E-state index contributed by atoms with van der Waals surface area (Å²) in [7, 11) is 0. The Hall–Kier alpha value is -0.941. The molecule has 199 valence electrons. The standard InChI is InChI=1S/C19H24N2OS.C11H15N.Ir/c1-11-5-6-13-12-3-2-4-15(18(12)22-19(13)21-11)17-14-8-10-23-16(14)7-9-20-17;1-2-6-10(7-3-1)11-8-4-5-9-12-11;/h4,7,12-14,17,19H,2-3,5-6,8-10H2,1H3;8H,1-6,9H2;/q2*-2;/t12-,13?,14?,17?,19?;;/m0../s1/i1D3;;. The van der Waals surface area contributed by atoms with E-state index < -0.39 is 6.85 Å². The third-order valence-corrected chi connectivity index (χ3v) is 9.67. The van der Waals surface area contributed by atoms with Crippen LogP contribution in [-0.4, -0.2) is 36.8 Å². The molecule has 5 aliphatic heterocycles. The smallest absolute Gasteiger partial charge is 0.171 e. The number of nitrogens with zero attached hydrogens (tertiary/aromatic N) is 3. The Morgan fingerprint density at radius 2 is 2.14 bits per heavy atom. The molecule has 0 aromatic heterocycles. The Morgan fingerprint density at radius 3 is 2.97 bits per heavy atom. The molecule has 0 bridgehead atoms. The average molecular weight is 685 g/mol. The molecule has 4 unspecified atom stereocenters. The third kappa shape index (κ3) is 5.58. The largest absolute Gasteiger partial charge is 0.770 e. The Bertz CT molecular complexity index is 1040. The van der Waals surface area contributed by atoms with Crippen molar-refractivity contribution in [1.82, 2.24) is 0 Å². The van der Waals surface area contributed by atoms with Gasteiger partial charge in [0.2, 0.25) is 0 Å². The molecule has 6 heteroatoms. The molecule has 2 saturated heterocycles. The maximum Gasteiger partial charge on any atom is 0.171 e. The normalized spacial score (nSPS) is 36.4. The predicted octanol–water partition coefficient (Wildman–Crippen LogP) is 7.81. The first-order valence-electron chi connectivity index (χ1n) is 15.3. The molecule has 36 heavy (non-hydrogen) atoms. The molecule has 5 heterocycles. The van der Waals surface area contributed by atoms with Gasteiger partial charge < -0.3 is 21.1 Å². The van der Waals surface area contributed by atoms with E-state index in [4.69, 9.17) is 14.2 Å². The zero-order valence-electron chi connectivity index (χ0n) is 24.0. The number of hydrogen-bond donors (Lipinski definition) is 0. The van der Waals surface area contributed by atoms with Crippen LogP contribution in [0.3, 0.4) is 0 Å². The van der Waals surface area contributed by atoms with Gasteiger partial charge in [0.15, 0.2) is 6.23 Å². The zero-order chi connectivity index (χ0) is 26.1. The molecule has 7 rings (SSSR count). The Labute approximate surface area is 239 Å². The van der Waals surface area contributed by atoms with Crippen molar-refractivity contribution in [3.8, 4) is 0 Å². The SMILES string of the molecule is [2H]C([2H])([2H])C1=NC2OC3=C(C4[N-]CC=C5SCCC54)[CH-]CC[C@H]3C2CC1.[C-]1=C(C2=CCCC[N-]2)CCCC1.[Ir]. The number of rotatable bonds is 2. The Kier molecular flexibility index (Phi) is 7.84. The summed E-state index contributed by atoms with van der Waals surface area (Å²) >= 11 is 1.98. The molecule has 0 aromatic carbocycles. The van der Waals surface area contributed by atoms with Gasteiger partial charge >= 0.3 is 0 Å². The van der Waals surface area contributed by atoms with Gasteiger partial charge in [-0.1, -0.05) is 44.6 Å². The van der Waals surface area contributed by atoms with Gasteiger partial charge in [0.25, 0.3) is 0 Å². The number of fused-ring (bicyclic) bond motifs is 4. The van der Waals surface area contributed by atoms with Crippen LogP contribution in [0.15, 0.2) is 44.7 Å². The molecule has 0 saturated carbocycles. The van der Waals surface area contributed by atoms with Crippen LogP contribution in [0.25, 0.3) is 10.6 Å². The summed E-state index contributed by atoms with van der Waals surface area (Å²) in [6, 6.07) is 0.217. The van der Waals surface area contributed by atoms with Crippen LogP contribution in [-0.2, 0) is 24.8 Å². The van der Waals surface area contributed by atoms with Crippen LogP contribution in [0, 0.1) is 30.3 Å². The fraction of sp³-hybridized carbons (Fsp3) is 0.667. The van der Waals surface area contributed by atoms with E-state index in [0.29, 0.717) is 29.9 Å². The fourth-order valence-electron chi connectivity index (χ4n) is 6.66. The van der Waals surface area contributed by atoms with Gasteiger partial charge in [-0.15, -0.1) is 43.7 Å². The van der Waals surface area contributed by atoms with E-state index in [-0.39, 0.29) is 32.4 Å². The molecule has 5 atom stereocenters. The number of thioether (sulfide) groups is 1. The van der Waals surface area contributed by atoms with E-state index in [9.17, 15) is 0 Å². The van der Waals surface area contributed by atoms with Gasteiger partial charge in [-0.2, -0.15) is 11.6 Å². The Morgan fingerprint density at radius 1 is 1.17 bits per heavy atom. The molecule has 7 aliphatic rings. The van der Waals surface area contributed by atoms with E-state index in [1.807, 2.05) is 11.8 Å². The van der Waals surface area contributed by atoms with Crippen molar-refractivity contribution >= 4 is 17.5 Å². The monoisotopic (exact) mass is 685 g/mol. The molecular formula is C30H39IrN3OS-4. The summed E-state index contributed by atoms with van der Waals surface area (Å²) < 4.78 is 29.3. The van der Waals surface area contributed by atoms with E-state index in [1.54, 1.807) is 0 Å². The van der Waals surface area contributed by atoms with Gasteiger partial charge in [0.05, 0.1) is 0 Å². The molecular weight excluding hydrogens is 643 g/mol. The van der Waals surface area contributed by atoms with Gasteiger partial charge in [0.1, 0.15) is 0 Å². The van der Waals surface area contributed by atoms with Gasteiger partial charge in [-0.3, -0.25) is 11.1 Å². The maximum absolute atomic E-state index is 7.67. The van der Waals surface area contributed by atoms with E-state index in [1.165, 1.54) is 66.0 Å². The minimum atomic E-state index is -2.09.